The van der Waals surface area contributed by atoms with Gasteiger partial charge in [0.15, 0.2) is 11.6 Å². The summed E-state index contributed by atoms with van der Waals surface area (Å²) < 4.78 is 55.8. The second-order valence-corrected chi connectivity index (χ2v) is 4.50. The molecule has 0 fully saturated rings. The Hall–Kier alpha value is -1.30. The van der Waals surface area contributed by atoms with Crippen molar-refractivity contribution in [3.05, 3.63) is 29.6 Å². The molecule has 19 heavy (non-hydrogen) atoms. The van der Waals surface area contributed by atoms with Crippen LogP contribution in [0.3, 0.4) is 0 Å². The summed E-state index contributed by atoms with van der Waals surface area (Å²) >= 11 is 0. The molecule has 0 saturated carbocycles. The zero-order chi connectivity index (χ0) is 14.7. The number of hydrogen-bond donors (Lipinski definition) is 1. The number of benzene rings is 1. The van der Waals surface area contributed by atoms with Crippen LogP contribution in [0.2, 0.25) is 0 Å². The van der Waals surface area contributed by atoms with Crippen LogP contribution in [-0.4, -0.2) is 12.1 Å². The van der Waals surface area contributed by atoms with Gasteiger partial charge in [0.1, 0.15) is 6.61 Å². The van der Waals surface area contributed by atoms with Crippen molar-refractivity contribution in [2.75, 3.05) is 6.61 Å². The second kappa shape index (κ2) is 5.77. The minimum atomic E-state index is -4.57. The van der Waals surface area contributed by atoms with Crippen molar-refractivity contribution >= 4 is 0 Å². The molecule has 0 spiro atoms. The Morgan fingerprint density at radius 1 is 1.16 bits per heavy atom. The molecule has 0 amide bonds. The summed E-state index contributed by atoms with van der Waals surface area (Å²) in [5, 5.41) is 0. The van der Waals surface area contributed by atoms with E-state index in [2.05, 4.69) is 0 Å². The lowest BCUT2D eigenvalue weighted by Gasteiger charge is -2.26. The summed E-state index contributed by atoms with van der Waals surface area (Å²) in [6.45, 7) is 3.80. The third kappa shape index (κ3) is 4.09. The van der Waals surface area contributed by atoms with E-state index in [1.807, 2.05) is 13.8 Å². The van der Waals surface area contributed by atoms with Crippen LogP contribution in [0, 0.1) is 5.82 Å². The van der Waals surface area contributed by atoms with Gasteiger partial charge in [0.2, 0.25) is 0 Å². The molecule has 1 aromatic carbocycles. The summed E-state index contributed by atoms with van der Waals surface area (Å²) in [6.07, 6.45) is -3.30. The highest BCUT2D eigenvalue weighted by molar-refractivity contribution is 5.30. The van der Waals surface area contributed by atoms with Gasteiger partial charge < -0.3 is 10.5 Å². The Morgan fingerprint density at radius 3 is 2.16 bits per heavy atom. The number of alkyl halides is 3. The average Bonchev–Trinajstić information content (AvgIpc) is 2.35. The quantitative estimate of drug-likeness (QED) is 0.833. The molecule has 0 aliphatic carbocycles. The van der Waals surface area contributed by atoms with E-state index in [0.29, 0.717) is 18.9 Å². The molecule has 2 N–H and O–H groups in total. The Labute approximate surface area is 109 Å². The molecule has 2 nitrogen and oxygen atoms in total. The topological polar surface area (TPSA) is 35.2 Å². The Balaban J connectivity index is 2.82. The highest BCUT2D eigenvalue weighted by Gasteiger charge is 2.31. The van der Waals surface area contributed by atoms with E-state index in [0.717, 1.165) is 12.1 Å². The highest BCUT2D eigenvalue weighted by Crippen LogP contribution is 2.32. The number of hydrogen-bond acceptors (Lipinski definition) is 2. The van der Waals surface area contributed by atoms with E-state index < -0.39 is 23.1 Å². The molecule has 0 atom stereocenters. The van der Waals surface area contributed by atoms with Crippen molar-refractivity contribution in [2.45, 2.75) is 38.4 Å². The summed E-state index contributed by atoms with van der Waals surface area (Å²) in [5.74, 6) is -1.26. The Morgan fingerprint density at radius 2 is 1.74 bits per heavy atom. The lowest BCUT2D eigenvalue weighted by atomic mass is 9.96. The van der Waals surface area contributed by atoms with Gasteiger partial charge in [-0.1, -0.05) is 13.8 Å². The normalized spacial score (nSPS) is 12.6. The predicted octanol–water partition coefficient (Wildman–Crippen LogP) is 3.74. The van der Waals surface area contributed by atoms with Crippen LogP contribution in [0.15, 0.2) is 18.2 Å². The van der Waals surface area contributed by atoms with Gasteiger partial charge in [0, 0.05) is 5.54 Å². The molecule has 0 bridgehead atoms. The maximum atomic E-state index is 13.5. The molecule has 6 heteroatoms. The molecule has 0 aliphatic rings. The van der Waals surface area contributed by atoms with Crippen molar-refractivity contribution in [3.8, 4) is 5.75 Å². The van der Waals surface area contributed by atoms with Crippen molar-refractivity contribution in [3.63, 3.8) is 0 Å². The van der Waals surface area contributed by atoms with Crippen molar-refractivity contribution in [2.24, 2.45) is 5.73 Å². The van der Waals surface area contributed by atoms with Crippen molar-refractivity contribution in [1.82, 2.24) is 0 Å². The van der Waals surface area contributed by atoms with E-state index in [1.54, 1.807) is 0 Å². The minimum absolute atomic E-state index is 0.0578. The summed E-state index contributed by atoms with van der Waals surface area (Å²) in [7, 11) is 0. The van der Waals surface area contributed by atoms with Crippen LogP contribution in [0.4, 0.5) is 17.6 Å². The molecule has 0 heterocycles. The number of halogens is 4. The highest BCUT2D eigenvalue weighted by atomic mass is 19.4. The Kier molecular flexibility index (Phi) is 4.79. The van der Waals surface area contributed by atoms with Gasteiger partial charge in [-0.3, -0.25) is 0 Å². The molecular weight excluding hydrogens is 262 g/mol. The number of ether oxygens (including phenoxy) is 1. The summed E-state index contributed by atoms with van der Waals surface area (Å²) in [6, 6.07) is 2.18. The fourth-order valence-corrected chi connectivity index (χ4v) is 1.47. The van der Waals surface area contributed by atoms with Gasteiger partial charge in [-0.2, -0.15) is 13.2 Å². The van der Waals surface area contributed by atoms with Gasteiger partial charge in [-0.15, -0.1) is 0 Å². The zero-order valence-electron chi connectivity index (χ0n) is 10.9. The molecular formula is C13H17F4NO. The van der Waals surface area contributed by atoms with Crippen LogP contribution in [0.25, 0.3) is 0 Å². The SMILES string of the molecule is CCC(N)(CC)COc1ccc(C(F)(F)F)cc1F. The molecule has 1 aromatic rings. The average molecular weight is 279 g/mol. The van der Waals surface area contributed by atoms with Gasteiger partial charge in [0.25, 0.3) is 0 Å². The van der Waals surface area contributed by atoms with Crippen LogP contribution in [0.5, 0.6) is 5.75 Å². The monoisotopic (exact) mass is 279 g/mol. The predicted molar refractivity (Wildman–Crippen MR) is 64.4 cm³/mol. The molecule has 0 saturated heterocycles. The van der Waals surface area contributed by atoms with E-state index in [-0.39, 0.29) is 12.4 Å². The molecule has 0 radical (unpaired) electrons. The van der Waals surface area contributed by atoms with E-state index in [4.69, 9.17) is 10.5 Å². The third-order valence-corrected chi connectivity index (χ3v) is 3.18. The van der Waals surface area contributed by atoms with Crippen molar-refractivity contribution in [1.29, 1.82) is 0 Å². The molecule has 0 aliphatic heterocycles. The molecule has 1 rings (SSSR count). The van der Waals surface area contributed by atoms with Gasteiger partial charge >= 0.3 is 6.18 Å². The smallest absolute Gasteiger partial charge is 0.416 e. The summed E-state index contributed by atoms with van der Waals surface area (Å²) in [4.78, 5) is 0. The van der Waals surface area contributed by atoms with E-state index >= 15 is 0 Å². The molecule has 0 unspecified atom stereocenters. The first-order chi connectivity index (χ1) is 8.72. The van der Waals surface area contributed by atoms with E-state index in [1.165, 1.54) is 0 Å². The maximum absolute atomic E-state index is 13.5. The van der Waals surface area contributed by atoms with Gasteiger partial charge in [-0.25, -0.2) is 4.39 Å². The first-order valence-electron chi connectivity index (χ1n) is 6.00. The molecule has 0 aromatic heterocycles. The summed E-state index contributed by atoms with van der Waals surface area (Å²) in [5.41, 5.74) is 4.32. The largest absolute Gasteiger partial charge is 0.489 e. The lowest BCUT2D eigenvalue weighted by molar-refractivity contribution is -0.137. The third-order valence-electron chi connectivity index (χ3n) is 3.18. The van der Waals surface area contributed by atoms with Crippen LogP contribution >= 0.6 is 0 Å². The number of rotatable bonds is 5. The van der Waals surface area contributed by atoms with Gasteiger partial charge in [0.05, 0.1) is 5.56 Å². The van der Waals surface area contributed by atoms with Crippen LogP contribution < -0.4 is 10.5 Å². The fraction of sp³-hybridized carbons (Fsp3) is 0.538. The first kappa shape index (κ1) is 15.8. The van der Waals surface area contributed by atoms with E-state index in [9.17, 15) is 17.6 Å². The Bertz CT molecular complexity index is 427. The number of nitrogens with two attached hydrogens (primary N) is 1. The fourth-order valence-electron chi connectivity index (χ4n) is 1.47. The first-order valence-corrected chi connectivity index (χ1v) is 6.00. The standard InChI is InChI=1S/C13H17F4NO/c1-3-12(18,4-2)8-19-11-6-5-9(7-10(11)14)13(15,16)17/h5-7H,3-4,8,18H2,1-2H3. The van der Waals surface area contributed by atoms with Gasteiger partial charge in [-0.05, 0) is 31.0 Å². The minimum Gasteiger partial charge on any atom is -0.489 e. The van der Waals surface area contributed by atoms with Crippen LogP contribution in [-0.2, 0) is 6.18 Å². The van der Waals surface area contributed by atoms with Crippen molar-refractivity contribution < 1.29 is 22.3 Å². The maximum Gasteiger partial charge on any atom is 0.416 e. The zero-order valence-corrected chi connectivity index (χ0v) is 10.9. The van der Waals surface area contributed by atoms with Crippen LogP contribution in [0.1, 0.15) is 32.3 Å². The molecule has 108 valence electrons. The lowest BCUT2D eigenvalue weighted by Crippen LogP contribution is -2.44. The second-order valence-electron chi connectivity index (χ2n) is 4.50.